The monoisotopic (exact) mass is 204 g/mol. The summed E-state index contributed by atoms with van der Waals surface area (Å²) in [5.41, 5.74) is 7.61. The number of H-pyrrole nitrogens is 2. The van der Waals surface area contributed by atoms with E-state index >= 15 is 0 Å². The van der Waals surface area contributed by atoms with E-state index in [1.165, 1.54) is 0 Å². The molecule has 0 saturated heterocycles. The lowest BCUT2D eigenvalue weighted by Gasteiger charge is -2.05. The Morgan fingerprint density at radius 2 is 2.33 bits per heavy atom. The van der Waals surface area contributed by atoms with Gasteiger partial charge in [-0.05, 0) is 25.1 Å². The molecular weight excluding hydrogens is 188 g/mol. The second-order valence-corrected chi connectivity index (χ2v) is 3.74. The van der Waals surface area contributed by atoms with Crippen molar-refractivity contribution in [3.8, 4) is 11.4 Å². The Hall–Kier alpha value is -1.55. The zero-order valence-corrected chi connectivity index (χ0v) is 8.83. The van der Waals surface area contributed by atoms with Crippen LogP contribution in [0.25, 0.3) is 11.4 Å². The molecule has 0 bridgehead atoms. The Bertz CT molecular complexity index is 402. The standard InChI is InChI=1S/C11H16N4/c1-8(4-5-12)11-14-7-10(15-11)9-3-2-6-13-9/h2-3,6-8,13H,4-5,12H2,1H3,(H,14,15). The van der Waals surface area contributed by atoms with Crippen LogP contribution in [0, 0.1) is 0 Å². The molecule has 0 aliphatic heterocycles. The lowest BCUT2D eigenvalue weighted by atomic mass is 10.1. The minimum absolute atomic E-state index is 0.388. The first-order valence-electron chi connectivity index (χ1n) is 5.20. The average Bonchev–Trinajstić information content (AvgIpc) is 2.89. The van der Waals surface area contributed by atoms with Gasteiger partial charge in [-0.25, -0.2) is 4.98 Å². The third-order valence-electron chi connectivity index (χ3n) is 2.55. The fourth-order valence-corrected chi connectivity index (χ4v) is 1.61. The molecule has 1 unspecified atom stereocenters. The number of imidazole rings is 1. The molecule has 2 aromatic rings. The SMILES string of the molecule is CC(CCN)c1ncc(-c2ccc[nH]2)[nH]1. The minimum Gasteiger partial charge on any atom is -0.360 e. The number of hydrogen-bond acceptors (Lipinski definition) is 2. The van der Waals surface area contributed by atoms with Crippen LogP contribution in [-0.4, -0.2) is 21.5 Å². The van der Waals surface area contributed by atoms with Crippen LogP contribution in [0.2, 0.25) is 0 Å². The molecule has 4 N–H and O–H groups in total. The van der Waals surface area contributed by atoms with Crippen LogP contribution in [0.1, 0.15) is 25.1 Å². The summed E-state index contributed by atoms with van der Waals surface area (Å²) in [5.74, 6) is 1.39. The Balaban J connectivity index is 2.17. The predicted octanol–water partition coefficient (Wildman–Crippen LogP) is 1.86. The summed E-state index contributed by atoms with van der Waals surface area (Å²) in [5, 5.41) is 0. The fourth-order valence-electron chi connectivity index (χ4n) is 1.61. The number of aromatic amines is 2. The molecule has 0 aliphatic rings. The van der Waals surface area contributed by atoms with Gasteiger partial charge in [-0.2, -0.15) is 0 Å². The van der Waals surface area contributed by atoms with E-state index in [-0.39, 0.29) is 0 Å². The Morgan fingerprint density at radius 3 is 3.00 bits per heavy atom. The molecule has 80 valence electrons. The van der Waals surface area contributed by atoms with Gasteiger partial charge in [0.25, 0.3) is 0 Å². The summed E-state index contributed by atoms with van der Waals surface area (Å²) in [6, 6.07) is 3.99. The molecule has 0 amide bonds. The fraction of sp³-hybridized carbons (Fsp3) is 0.364. The van der Waals surface area contributed by atoms with Crippen LogP contribution in [-0.2, 0) is 0 Å². The summed E-state index contributed by atoms with van der Waals surface area (Å²) in [6.07, 6.45) is 4.71. The Morgan fingerprint density at radius 1 is 1.47 bits per heavy atom. The largest absolute Gasteiger partial charge is 0.360 e. The number of aromatic nitrogens is 3. The highest BCUT2D eigenvalue weighted by molar-refractivity contribution is 5.53. The number of nitrogens with two attached hydrogens (primary N) is 1. The van der Waals surface area contributed by atoms with Crippen molar-refractivity contribution >= 4 is 0 Å². The lowest BCUT2D eigenvalue weighted by molar-refractivity contribution is 0.655. The van der Waals surface area contributed by atoms with E-state index in [9.17, 15) is 0 Å². The molecule has 4 heteroatoms. The molecule has 0 aromatic carbocycles. The average molecular weight is 204 g/mol. The molecular formula is C11H16N4. The second-order valence-electron chi connectivity index (χ2n) is 3.74. The van der Waals surface area contributed by atoms with Crippen LogP contribution in [0.3, 0.4) is 0 Å². The smallest absolute Gasteiger partial charge is 0.109 e. The maximum atomic E-state index is 5.52. The molecule has 2 rings (SSSR count). The summed E-state index contributed by atoms with van der Waals surface area (Å²) in [7, 11) is 0. The Labute approximate surface area is 88.9 Å². The van der Waals surface area contributed by atoms with Crippen LogP contribution >= 0.6 is 0 Å². The topological polar surface area (TPSA) is 70.5 Å². The van der Waals surface area contributed by atoms with Crippen molar-refractivity contribution in [3.63, 3.8) is 0 Å². The van der Waals surface area contributed by atoms with Gasteiger partial charge in [0, 0.05) is 12.1 Å². The molecule has 1 atom stereocenters. The minimum atomic E-state index is 0.388. The molecule has 0 fully saturated rings. The molecule has 0 radical (unpaired) electrons. The number of hydrogen-bond donors (Lipinski definition) is 3. The molecule has 0 spiro atoms. The van der Waals surface area contributed by atoms with Crippen LogP contribution in [0.5, 0.6) is 0 Å². The van der Waals surface area contributed by atoms with Crippen molar-refractivity contribution in [2.45, 2.75) is 19.3 Å². The van der Waals surface area contributed by atoms with Crippen molar-refractivity contribution in [1.29, 1.82) is 0 Å². The second kappa shape index (κ2) is 4.31. The first-order valence-corrected chi connectivity index (χ1v) is 5.20. The van der Waals surface area contributed by atoms with E-state index in [0.717, 1.165) is 23.6 Å². The molecule has 2 heterocycles. The van der Waals surface area contributed by atoms with E-state index in [1.807, 2.05) is 24.5 Å². The van der Waals surface area contributed by atoms with Gasteiger partial charge < -0.3 is 15.7 Å². The van der Waals surface area contributed by atoms with Crippen LogP contribution in [0.15, 0.2) is 24.5 Å². The summed E-state index contributed by atoms with van der Waals surface area (Å²) in [4.78, 5) is 10.8. The number of nitrogens with one attached hydrogen (secondary N) is 2. The van der Waals surface area contributed by atoms with Gasteiger partial charge in [-0.15, -0.1) is 0 Å². The maximum Gasteiger partial charge on any atom is 0.109 e. The van der Waals surface area contributed by atoms with Crippen molar-refractivity contribution in [3.05, 3.63) is 30.4 Å². The molecule has 0 saturated carbocycles. The van der Waals surface area contributed by atoms with Crippen LogP contribution < -0.4 is 5.73 Å². The van der Waals surface area contributed by atoms with E-state index in [0.29, 0.717) is 12.5 Å². The van der Waals surface area contributed by atoms with Crippen molar-refractivity contribution in [2.24, 2.45) is 5.73 Å². The summed E-state index contributed by atoms with van der Waals surface area (Å²) in [6.45, 7) is 2.82. The van der Waals surface area contributed by atoms with Gasteiger partial charge in [-0.3, -0.25) is 0 Å². The quantitative estimate of drug-likeness (QED) is 0.711. The first kappa shape index (κ1) is 9.98. The lowest BCUT2D eigenvalue weighted by Crippen LogP contribution is -2.05. The highest BCUT2D eigenvalue weighted by atomic mass is 14.9. The Kier molecular flexibility index (Phi) is 2.87. The zero-order chi connectivity index (χ0) is 10.7. The number of rotatable bonds is 4. The third kappa shape index (κ3) is 2.10. The number of nitrogens with zero attached hydrogens (tertiary/aromatic N) is 1. The molecule has 15 heavy (non-hydrogen) atoms. The van der Waals surface area contributed by atoms with E-state index in [1.54, 1.807) is 0 Å². The van der Waals surface area contributed by atoms with E-state index in [2.05, 4.69) is 21.9 Å². The maximum absolute atomic E-state index is 5.52. The van der Waals surface area contributed by atoms with Gasteiger partial charge in [0.15, 0.2) is 0 Å². The van der Waals surface area contributed by atoms with Crippen LogP contribution in [0.4, 0.5) is 0 Å². The van der Waals surface area contributed by atoms with Gasteiger partial charge >= 0.3 is 0 Å². The predicted molar refractivity (Wildman–Crippen MR) is 60.5 cm³/mol. The third-order valence-corrected chi connectivity index (χ3v) is 2.55. The zero-order valence-electron chi connectivity index (χ0n) is 8.83. The van der Waals surface area contributed by atoms with Gasteiger partial charge in [0.05, 0.1) is 17.6 Å². The summed E-state index contributed by atoms with van der Waals surface area (Å²) < 4.78 is 0. The van der Waals surface area contributed by atoms with Crippen molar-refractivity contribution in [1.82, 2.24) is 15.0 Å². The van der Waals surface area contributed by atoms with Gasteiger partial charge in [-0.1, -0.05) is 6.92 Å². The highest BCUT2D eigenvalue weighted by Crippen LogP contribution is 2.19. The molecule has 2 aromatic heterocycles. The van der Waals surface area contributed by atoms with E-state index in [4.69, 9.17) is 5.73 Å². The first-order chi connectivity index (χ1) is 7.31. The normalized spacial score (nSPS) is 12.9. The molecule has 0 aliphatic carbocycles. The van der Waals surface area contributed by atoms with Crippen molar-refractivity contribution in [2.75, 3.05) is 6.54 Å². The molecule has 4 nitrogen and oxygen atoms in total. The van der Waals surface area contributed by atoms with Gasteiger partial charge in [0.2, 0.25) is 0 Å². The highest BCUT2D eigenvalue weighted by Gasteiger charge is 2.09. The van der Waals surface area contributed by atoms with Crippen molar-refractivity contribution < 1.29 is 0 Å². The van der Waals surface area contributed by atoms with E-state index < -0.39 is 0 Å². The van der Waals surface area contributed by atoms with Gasteiger partial charge in [0.1, 0.15) is 5.82 Å². The summed E-state index contributed by atoms with van der Waals surface area (Å²) >= 11 is 0.